The van der Waals surface area contributed by atoms with Gasteiger partial charge >= 0.3 is 0 Å². The van der Waals surface area contributed by atoms with Crippen molar-refractivity contribution in [2.45, 2.75) is 44.3 Å². The van der Waals surface area contributed by atoms with Gasteiger partial charge in [0.25, 0.3) is 0 Å². The molecule has 1 fully saturated rings. The van der Waals surface area contributed by atoms with Crippen molar-refractivity contribution in [3.8, 4) is 0 Å². The van der Waals surface area contributed by atoms with Crippen molar-refractivity contribution < 1.29 is 14.0 Å². The van der Waals surface area contributed by atoms with E-state index in [1.54, 1.807) is 18.2 Å². The molecule has 7 heteroatoms. The molecule has 0 heterocycles. The molecule has 0 radical (unpaired) electrons. The average molecular weight is 437 g/mol. The van der Waals surface area contributed by atoms with Gasteiger partial charge in [-0.05, 0) is 42.2 Å². The molecule has 0 aliphatic heterocycles. The molecule has 2 amide bonds. The molecule has 29 heavy (non-hydrogen) atoms. The summed E-state index contributed by atoms with van der Waals surface area (Å²) >= 11 is 12.2. The second-order valence-electron chi connectivity index (χ2n) is 7.19. The minimum Gasteiger partial charge on any atom is -0.351 e. The summed E-state index contributed by atoms with van der Waals surface area (Å²) in [5.41, 5.74) is 1.22. The maximum atomic E-state index is 13.5. The van der Waals surface area contributed by atoms with E-state index in [4.69, 9.17) is 23.2 Å². The van der Waals surface area contributed by atoms with Crippen molar-refractivity contribution in [2.75, 3.05) is 5.88 Å². The van der Waals surface area contributed by atoms with E-state index in [2.05, 4.69) is 5.32 Å². The van der Waals surface area contributed by atoms with Gasteiger partial charge in [0.1, 0.15) is 17.7 Å². The van der Waals surface area contributed by atoms with Gasteiger partial charge in [0, 0.05) is 17.6 Å². The van der Waals surface area contributed by atoms with Crippen LogP contribution in [0.5, 0.6) is 0 Å². The Morgan fingerprint density at radius 1 is 1.10 bits per heavy atom. The number of alkyl halides is 1. The zero-order valence-corrected chi connectivity index (χ0v) is 17.4. The fourth-order valence-corrected chi connectivity index (χ4v) is 4.03. The molecule has 1 atom stereocenters. The Hall–Kier alpha value is -2.11. The lowest BCUT2D eigenvalue weighted by Crippen LogP contribution is -2.46. The number of nitrogens with zero attached hydrogens (tertiary/aromatic N) is 1. The largest absolute Gasteiger partial charge is 0.351 e. The maximum Gasteiger partial charge on any atom is 0.247 e. The molecule has 0 aromatic heterocycles. The Labute approximate surface area is 180 Å². The van der Waals surface area contributed by atoms with Crippen molar-refractivity contribution in [3.63, 3.8) is 0 Å². The fraction of sp³-hybridized carbons (Fsp3) is 0.364. The minimum absolute atomic E-state index is 0.0821. The molecule has 0 saturated heterocycles. The summed E-state index contributed by atoms with van der Waals surface area (Å²) in [6.07, 6.45) is 3.96. The molecule has 1 aliphatic carbocycles. The van der Waals surface area contributed by atoms with Crippen LogP contribution in [0.3, 0.4) is 0 Å². The molecule has 0 unspecified atom stereocenters. The molecule has 3 rings (SSSR count). The second-order valence-corrected chi connectivity index (χ2v) is 7.87. The number of benzene rings is 2. The van der Waals surface area contributed by atoms with Crippen molar-refractivity contribution in [3.05, 3.63) is 70.5 Å². The summed E-state index contributed by atoms with van der Waals surface area (Å²) in [5, 5.41) is 3.54. The van der Waals surface area contributed by atoms with Crippen molar-refractivity contribution in [1.82, 2.24) is 10.2 Å². The molecule has 1 aliphatic rings. The van der Waals surface area contributed by atoms with Gasteiger partial charge in [-0.25, -0.2) is 4.39 Å². The summed E-state index contributed by atoms with van der Waals surface area (Å²) in [4.78, 5) is 27.4. The first-order chi connectivity index (χ1) is 14.0. The number of carbonyl (C=O) groups is 2. The minimum atomic E-state index is -0.932. The summed E-state index contributed by atoms with van der Waals surface area (Å²) in [5.74, 6) is -1.39. The molecular weight excluding hydrogens is 414 g/mol. The van der Waals surface area contributed by atoms with Gasteiger partial charge in [0.2, 0.25) is 11.8 Å². The third-order valence-electron chi connectivity index (χ3n) is 5.18. The van der Waals surface area contributed by atoms with Crippen LogP contribution >= 0.6 is 23.2 Å². The van der Waals surface area contributed by atoms with Gasteiger partial charge in [0.05, 0.1) is 0 Å². The van der Waals surface area contributed by atoms with Crippen LogP contribution < -0.4 is 5.32 Å². The van der Waals surface area contributed by atoms with Crippen molar-refractivity contribution >= 4 is 35.0 Å². The molecule has 0 bridgehead atoms. The van der Waals surface area contributed by atoms with E-state index in [0.29, 0.717) is 16.1 Å². The Bertz CT molecular complexity index is 854. The Balaban J connectivity index is 1.96. The standard InChI is InChI=1S/C22H23Cl2FN2O2/c23-13-20(28)27(14-16-5-1-4-8-19(16)24)21(15-9-11-17(25)12-10-15)22(29)26-18-6-2-3-7-18/h1,4-5,8-12,18,21H,2-3,6-7,13-14H2,(H,26,29)/t21-/m0/s1. The SMILES string of the molecule is O=C(NC1CCCC1)[C@H](c1ccc(F)cc1)N(Cc1ccccc1Cl)C(=O)CCl. The van der Waals surface area contributed by atoms with Crippen LogP contribution in [0.25, 0.3) is 0 Å². The maximum absolute atomic E-state index is 13.5. The van der Waals surface area contributed by atoms with Crippen LogP contribution in [0.2, 0.25) is 5.02 Å². The molecule has 1 N–H and O–H groups in total. The quantitative estimate of drug-likeness (QED) is 0.630. The summed E-state index contributed by atoms with van der Waals surface area (Å²) in [6, 6.07) is 11.9. The topological polar surface area (TPSA) is 49.4 Å². The van der Waals surface area contributed by atoms with E-state index >= 15 is 0 Å². The number of hydrogen-bond donors (Lipinski definition) is 1. The average Bonchev–Trinajstić information content (AvgIpc) is 3.22. The molecule has 2 aromatic carbocycles. The Kier molecular flexibility index (Phi) is 7.51. The van der Waals surface area contributed by atoms with Crippen molar-refractivity contribution in [2.24, 2.45) is 0 Å². The Morgan fingerprint density at radius 3 is 2.38 bits per heavy atom. The van der Waals surface area contributed by atoms with Gasteiger partial charge in [-0.15, -0.1) is 11.6 Å². The monoisotopic (exact) mass is 436 g/mol. The fourth-order valence-electron chi connectivity index (χ4n) is 3.68. The van der Waals surface area contributed by atoms with Crippen LogP contribution in [-0.2, 0) is 16.1 Å². The van der Waals surface area contributed by atoms with Crippen molar-refractivity contribution in [1.29, 1.82) is 0 Å². The first-order valence-electron chi connectivity index (χ1n) is 9.64. The predicted molar refractivity (Wildman–Crippen MR) is 112 cm³/mol. The third kappa shape index (κ3) is 5.49. The van der Waals surface area contributed by atoms with Crippen LogP contribution in [-0.4, -0.2) is 28.6 Å². The van der Waals surface area contributed by atoms with Crippen LogP contribution in [0.15, 0.2) is 48.5 Å². The molecule has 154 valence electrons. The first kappa shape index (κ1) is 21.6. The lowest BCUT2D eigenvalue weighted by Gasteiger charge is -2.32. The normalized spacial score (nSPS) is 15.1. The summed E-state index contributed by atoms with van der Waals surface area (Å²) < 4.78 is 13.5. The molecule has 1 saturated carbocycles. The zero-order valence-electron chi connectivity index (χ0n) is 15.9. The lowest BCUT2D eigenvalue weighted by atomic mass is 10.0. The van der Waals surface area contributed by atoms with Crippen LogP contribution in [0, 0.1) is 5.82 Å². The highest BCUT2D eigenvalue weighted by molar-refractivity contribution is 6.31. The second kappa shape index (κ2) is 10.1. The highest BCUT2D eigenvalue weighted by Gasteiger charge is 2.33. The van der Waals surface area contributed by atoms with Gasteiger partial charge in [0.15, 0.2) is 0 Å². The van der Waals surface area contributed by atoms with Gasteiger partial charge < -0.3 is 10.2 Å². The van der Waals surface area contributed by atoms with Gasteiger partial charge in [-0.3, -0.25) is 9.59 Å². The molecular formula is C22H23Cl2FN2O2. The van der Waals surface area contributed by atoms with Gasteiger partial charge in [-0.1, -0.05) is 54.8 Å². The van der Waals surface area contributed by atoms with Crippen LogP contribution in [0.4, 0.5) is 4.39 Å². The first-order valence-corrected chi connectivity index (χ1v) is 10.6. The summed E-state index contributed by atoms with van der Waals surface area (Å²) in [6.45, 7) is 0.116. The lowest BCUT2D eigenvalue weighted by molar-refractivity contribution is -0.140. The number of nitrogens with one attached hydrogen (secondary N) is 1. The highest BCUT2D eigenvalue weighted by atomic mass is 35.5. The van der Waals surface area contributed by atoms with Crippen LogP contribution in [0.1, 0.15) is 42.9 Å². The number of halogens is 3. The van der Waals surface area contributed by atoms with E-state index in [1.165, 1.54) is 29.2 Å². The van der Waals surface area contributed by atoms with E-state index in [9.17, 15) is 14.0 Å². The van der Waals surface area contributed by atoms with E-state index in [1.807, 2.05) is 6.07 Å². The molecule has 4 nitrogen and oxygen atoms in total. The molecule has 0 spiro atoms. The Morgan fingerprint density at radius 2 is 1.76 bits per heavy atom. The summed E-state index contributed by atoms with van der Waals surface area (Å²) in [7, 11) is 0. The smallest absolute Gasteiger partial charge is 0.247 e. The molecule has 2 aromatic rings. The number of amides is 2. The van der Waals surface area contributed by atoms with E-state index < -0.39 is 17.8 Å². The van der Waals surface area contributed by atoms with E-state index in [-0.39, 0.29) is 24.4 Å². The highest BCUT2D eigenvalue weighted by Crippen LogP contribution is 2.28. The number of hydrogen-bond acceptors (Lipinski definition) is 2. The van der Waals surface area contributed by atoms with Gasteiger partial charge in [-0.2, -0.15) is 0 Å². The van der Waals surface area contributed by atoms with E-state index in [0.717, 1.165) is 25.7 Å². The number of carbonyl (C=O) groups excluding carboxylic acids is 2. The predicted octanol–water partition coefficient (Wildman–Crippen LogP) is 4.85. The zero-order chi connectivity index (χ0) is 20.8. The number of rotatable bonds is 7. The third-order valence-corrected chi connectivity index (χ3v) is 5.78.